The number of nitrogens with one attached hydrogen (secondary N) is 1. The first-order valence-corrected chi connectivity index (χ1v) is 7.77. The Morgan fingerprint density at radius 1 is 1.33 bits per heavy atom. The van der Waals surface area contributed by atoms with Crippen molar-refractivity contribution >= 4 is 0 Å². The molecule has 18 heavy (non-hydrogen) atoms. The molecule has 0 amide bonds. The minimum absolute atomic E-state index is 0.622. The predicted molar refractivity (Wildman–Crippen MR) is 75.8 cm³/mol. The van der Waals surface area contributed by atoms with Gasteiger partial charge in [-0.1, -0.05) is 20.8 Å². The van der Waals surface area contributed by atoms with Crippen molar-refractivity contribution in [3.63, 3.8) is 0 Å². The van der Waals surface area contributed by atoms with E-state index >= 15 is 0 Å². The van der Waals surface area contributed by atoms with Crippen LogP contribution in [0.3, 0.4) is 0 Å². The second-order valence-corrected chi connectivity index (χ2v) is 6.24. The van der Waals surface area contributed by atoms with E-state index in [2.05, 4.69) is 31.0 Å². The Morgan fingerprint density at radius 3 is 2.78 bits per heavy atom. The molecule has 2 aliphatic heterocycles. The second-order valence-electron chi connectivity index (χ2n) is 6.24. The SMILES string of the molecule is CCNC(CN1CCCC1C(C)C)C1CCOC1. The summed E-state index contributed by atoms with van der Waals surface area (Å²) in [6.07, 6.45) is 4.00. The zero-order valence-electron chi connectivity index (χ0n) is 12.3. The fourth-order valence-electron chi connectivity index (χ4n) is 3.60. The highest BCUT2D eigenvalue weighted by Crippen LogP contribution is 2.26. The number of hydrogen-bond donors (Lipinski definition) is 1. The largest absolute Gasteiger partial charge is 0.381 e. The summed E-state index contributed by atoms with van der Waals surface area (Å²) in [5.41, 5.74) is 0. The van der Waals surface area contributed by atoms with Gasteiger partial charge in [-0.25, -0.2) is 0 Å². The van der Waals surface area contributed by atoms with Gasteiger partial charge in [0.15, 0.2) is 0 Å². The lowest BCUT2D eigenvalue weighted by atomic mass is 9.96. The fraction of sp³-hybridized carbons (Fsp3) is 1.00. The average Bonchev–Trinajstić information content (AvgIpc) is 2.99. The average molecular weight is 254 g/mol. The van der Waals surface area contributed by atoms with Crippen LogP contribution in [0.2, 0.25) is 0 Å². The molecule has 1 N–H and O–H groups in total. The number of ether oxygens (including phenoxy) is 1. The molecule has 0 aromatic heterocycles. The molecule has 3 heteroatoms. The molecular formula is C15H30N2O. The zero-order chi connectivity index (χ0) is 13.0. The summed E-state index contributed by atoms with van der Waals surface area (Å²) in [6.45, 7) is 12.4. The van der Waals surface area contributed by atoms with Crippen LogP contribution in [0.15, 0.2) is 0 Å². The molecule has 0 aromatic rings. The van der Waals surface area contributed by atoms with Crippen molar-refractivity contribution in [2.24, 2.45) is 11.8 Å². The minimum atomic E-state index is 0.622. The van der Waals surface area contributed by atoms with Crippen LogP contribution in [0.5, 0.6) is 0 Å². The van der Waals surface area contributed by atoms with Gasteiger partial charge in [0.05, 0.1) is 6.61 Å². The predicted octanol–water partition coefficient (Wildman–Crippen LogP) is 2.12. The third kappa shape index (κ3) is 3.46. The Balaban J connectivity index is 1.90. The van der Waals surface area contributed by atoms with Gasteiger partial charge in [0.2, 0.25) is 0 Å². The molecule has 3 atom stereocenters. The van der Waals surface area contributed by atoms with E-state index < -0.39 is 0 Å². The van der Waals surface area contributed by atoms with Crippen LogP contribution in [0.1, 0.15) is 40.0 Å². The maximum Gasteiger partial charge on any atom is 0.0510 e. The molecule has 3 nitrogen and oxygen atoms in total. The van der Waals surface area contributed by atoms with Crippen LogP contribution in [0.25, 0.3) is 0 Å². The Morgan fingerprint density at radius 2 is 2.17 bits per heavy atom. The summed E-state index contributed by atoms with van der Waals surface area (Å²) < 4.78 is 5.56. The molecule has 0 saturated carbocycles. The molecule has 2 heterocycles. The van der Waals surface area contributed by atoms with Crippen molar-refractivity contribution in [1.82, 2.24) is 10.2 Å². The van der Waals surface area contributed by atoms with E-state index in [1.54, 1.807) is 0 Å². The normalized spacial score (nSPS) is 31.3. The maximum absolute atomic E-state index is 5.56. The number of likely N-dealkylation sites (N-methyl/N-ethyl adjacent to an activating group) is 1. The number of rotatable bonds is 6. The molecule has 0 bridgehead atoms. The summed E-state index contributed by atoms with van der Waals surface area (Å²) in [5.74, 6) is 1.51. The lowest BCUT2D eigenvalue weighted by molar-refractivity contribution is 0.145. The van der Waals surface area contributed by atoms with Gasteiger partial charge in [0, 0.05) is 31.2 Å². The Labute approximate surface area is 112 Å². The molecule has 106 valence electrons. The molecular weight excluding hydrogens is 224 g/mol. The molecule has 2 fully saturated rings. The van der Waals surface area contributed by atoms with E-state index in [4.69, 9.17) is 4.74 Å². The van der Waals surface area contributed by atoms with Crippen molar-refractivity contribution in [3.05, 3.63) is 0 Å². The first kappa shape index (κ1) is 14.3. The van der Waals surface area contributed by atoms with E-state index in [1.807, 2.05) is 0 Å². The van der Waals surface area contributed by atoms with Crippen molar-refractivity contribution < 1.29 is 4.74 Å². The molecule has 0 radical (unpaired) electrons. The highest BCUT2D eigenvalue weighted by molar-refractivity contribution is 4.88. The van der Waals surface area contributed by atoms with Gasteiger partial charge >= 0.3 is 0 Å². The molecule has 0 spiro atoms. The van der Waals surface area contributed by atoms with E-state index in [9.17, 15) is 0 Å². The Hall–Kier alpha value is -0.120. The van der Waals surface area contributed by atoms with Crippen LogP contribution >= 0.6 is 0 Å². The van der Waals surface area contributed by atoms with Gasteiger partial charge in [0.1, 0.15) is 0 Å². The van der Waals surface area contributed by atoms with Gasteiger partial charge in [0.25, 0.3) is 0 Å². The summed E-state index contributed by atoms with van der Waals surface area (Å²) >= 11 is 0. The molecule has 3 unspecified atom stereocenters. The minimum Gasteiger partial charge on any atom is -0.381 e. The topological polar surface area (TPSA) is 24.5 Å². The fourth-order valence-corrected chi connectivity index (χ4v) is 3.60. The van der Waals surface area contributed by atoms with Crippen LogP contribution in [-0.4, -0.2) is 49.8 Å². The van der Waals surface area contributed by atoms with Crippen LogP contribution < -0.4 is 5.32 Å². The van der Waals surface area contributed by atoms with E-state index in [-0.39, 0.29) is 0 Å². The Kier molecular flexibility index (Phi) is 5.46. The van der Waals surface area contributed by atoms with Crippen LogP contribution in [-0.2, 0) is 4.74 Å². The molecule has 0 aliphatic carbocycles. The second kappa shape index (κ2) is 6.88. The monoisotopic (exact) mass is 254 g/mol. The van der Waals surface area contributed by atoms with Gasteiger partial charge in [-0.3, -0.25) is 4.90 Å². The standard InChI is InChI=1S/C15H30N2O/c1-4-16-14(13-7-9-18-11-13)10-17-8-5-6-15(17)12(2)3/h12-16H,4-11H2,1-3H3. The first-order chi connectivity index (χ1) is 8.72. The van der Waals surface area contributed by atoms with E-state index in [0.717, 1.165) is 37.6 Å². The number of nitrogens with zero attached hydrogens (tertiary/aromatic N) is 1. The van der Waals surface area contributed by atoms with Gasteiger partial charge in [-0.15, -0.1) is 0 Å². The highest BCUT2D eigenvalue weighted by Gasteiger charge is 2.32. The van der Waals surface area contributed by atoms with E-state index in [1.165, 1.54) is 32.4 Å². The first-order valence-electron chi connectivity index (χ1n) is 7.77. The summed E-state index contributed by atoms with van der Waals surface area (Å²) in [4.78, 5) is 2.72. The van der Waals surface area contributed by atoms with Crippen molar-refractivity contribution in [2.45, 2.75) is 52.1 Å². The van der Waals surface area contributed by atoms with Crippen molar-refractivity contribution in [2.75, 3.05) is 32.8 Å². The Bertz CT molecular complexity index is 239. The smallest absolute Gasteiger partial charge is 0.0510 e. The summed E-state index contributed by atoms with van der Waals surface area (Å²) in [7, 11) is 0. The third-order valence-electron chi connectivity index (χ3n) is 4.62. The molecule has 2 rings (SSSR count). The highest BCUT2D eigenvalue weighted by atomic mass is 16.5. The quantitative estimate of drug-likeness (QED) is 0.786. The summed E-state index contributed by atoms with van der Waals surface area (Å²) in [6, 6.07) is 1.42. The van der Waals surface area contributed by atoms with Gasteiger partial charge in [-0.2, -0.15) is 0 Å². The third-order valence-corrected chi connectivity index (χ3v) is 4.62. The maximum atomic E-state index is 5.56. The van der Waals surface area contributed by atoms with Crippen molar-refractivity contribution in [3.8, 4) is 0 Å². The van der Waals surface area contributed by atoms with E-state index in [0.29, 0.717) is 6.04 Å². The lowest BCUT2D eigenvalue weighted by Crippen LogP contribution is -2.48. The zero-order valence-corrected chi connectivity index (χ0v) is 12.3. The number of likely N-dealkylation sites (tertiary alicyclic amines) is 1. The summed E-state index contributed by atoms with van der Waals surface area (Å²) in [5, 5.41) is 3.69. The molecule has 2 aliphatic rings. The number of hydrogen-bond acceptors (Lipinski definition) is 3. The molecule has 2 saturated heterocycles. The van der Waals surface area contributed by atoms with Crippen LogP contribution in [0, 0.1) is 11.8 Å². The van der Waals surface area contributed by atoms with Crippen molar-refractivity contribution in [1.29, 1.82) is 0 Å². The van der Waals surface area contributed by atoms with Crippen LogP contribution in [0.4, 0.5) is 0 Å². The van der Waals surface area contributed by atoms with Gasteiger partial charge in [-0.05, 0) is 38.3 Å². The van der Waals surface area contributed by atoms with Gasteiger partial charge < -0.3 is 10.1 Å². The molecule has 0 aromatic carbocycles. The lowest BCUT2D eigenvalue weighted by Gasteiger charge is -2.33.